The highest BCUT2D eigenvalue weighted by atomic mass is 16.1. The van der Waals surface area contributed by atoms with Crippen LogP contribution in [-0.2, 0) is 11.3 Å². The lowest BCUT2D eigenvalue weighted by Crippen LogP contribution is -2.15. The fourth-order valence-electron chi connectivity index (χ4n) is 2.76. The van der Waals surface area contributed by atoms with Crippen LogP contribution in [0.4, 0.5) is 5.69 Å². The summed E-state index contributed by atoms with van der Waals surface area (Å²) in [5.74, 6) is -0.0324. The van der Waals surface area contributed by atoms with Gasteiger partial charge < -0.3 is 9.88 Å². The Balaban J connectivity index is 1.37. The number of rotatable bonds is 5. The van der Waals surface area contributed by atoms with Crippen molar-refractivity contribution >= 4 is 22.5 Å². The summed E-state index contributed by atoms with van der Waals surface area (Å²) in [6, 6.07) is 15.6. The van der Waals surface area contributed by atoms with E-state index in [0.29, 0.717) is 13.0 Å². The van der Waals surface area contributed by atoms with Crippen LogP contribution in [0.2, 0.25) is 0 Å². The Morgan fingerprint density at radius 2 is 1.92 bits per heavy atom. The SMILES string of the molecule is O=C(CCn1ncc2ccccc21)Nc1ccc(-n2ccnc2)cc1. The van der Waals surface area contributed by atoms with Crippen molar-refractivity contribution in [2.75, 3.05) is 5.32 Å². The molecule has 0 aliphatic carbocycles. The van der Waals surface area contributed by atoms with Crippen molar-refractivity contribution in [2.24, 2.45) is 0 Å². The Bertz CT molecular complexity index is 986. The first-order chi connectivity index (χ1) is 12.3. The molecule has 0 saturated heterocycles. The second-order valence-corrected chi connectivity index (χ2v) is 5.74. The summed E-state index contributed by atoms with van der Waals surface area (Å²) in [6.07, 6.45) is 7.54. The molecular weight excluding hydrogens is 314 g/mol. The lowest BCUT2D eigenvalue weighted by molar-refractivity contribution is -0.116. The largest absolute Gasteiger partial charge is 0.326 e. The number of nitrogens with one attached hydrogen (secondary N) is 1. The smallest absolute Gasteiger partial charge is 0.226 e. The molecule has 2 aromatic carbocycles. The van der Waals surface area contributed by atoms with Crippen LogP contribution in [0.1, 0.15) is 6.42 Å². The third kappa shape index (κ3) is 3.28. The summed E-state index contributed by atoms with van der Waals surface area (Å²) in [6.45, 7) is 0.548. The quantitative estimate of drug-likeness (QED) is 0.610. The van der Waals surface area contributed by atoms with Crippen molar-refractivity contribution in [3.05, 3.63) is 73.4 Å². The molecule has 124 valence electrons. The molecular formula is C19H17N5O. The van der Waals surface area contributed by atoms with Gasteiger partial charge in [0.05, 0.1) is 24.6 Å². The minimum Gasteiger partial charge on any atom is -0.326 e. The van der Waals surface area contributed by atoms with E-state index >= 15 is 0 Å². The van der Waals surface area contributed by atoms with Crippen LogP contribution in [-0.4, -0.2) is 25.2 Å². The Labute approximate surface area is 144 Å². The highest BCUT2D eigenvalue weighted by molar-refractivity contribution is 5.90. The summed E-state index contributed by atoms with van der Waals surface area (Å²) >= 11 is 0. The number of hydrogen-bond acceptors (Lipinski definition) is 3. The summed E-state index contributed by atoms with van der Waals surface area (Å²) in [5.41, 5.74) is 2.82. The maximum atomic E-state index is 12.2. The van der Waals surface area contributed by atoms with Gasteiger partial charge in [-0.3, -0.25) is 9.48 Å². The fourth-order valence-corrected chi connectivity index (χ4v) is 2.76. The van der Waals surface area contributed by atoms with E-state index in [1.807, 2.05) is 70.2 Å². The number of carbonyl (C=O) groups excluding carboxylic acids is 1. The van der Waals surface area contributed by atoms with E-state index in [1.165, 1.54) is 0 Å². The fraction of sp³-hybridized carbons (Fsp3) is 0.105. The predicted octanol–water partition coefficient (Wildman–Crippen LogP) is 3.25. The molecule has 0 bridgehead atoms. The van der Waals surface area contributed by atoms with E-state index in [2.05, 4.69) is 15.4 Å². The maximum Gasteiger partial charge on any atom is 0.226 e. The van der Waals surface area contributed by atoms with Crippen LogP contribution in [0.15, 0.2) is 73.4 Å². The molecule has 0 atom stereocenters. The van der Waals surface area contributed by atoms with Crippen molar-refractivity contribution in [1.29, 1.82) is 0 Å². The zero-order valence-electron chi connectivity index (χ0n) is 13.5. The number of amides is 1. The van der Waals surface area contributed by atoms with Crippen molar-refractivity contribution in [1.82, 2.24) is 19.3 Å². The molecule has 6 heteroatoms. The van der Waals surface area contributed by atoms with Crippen LogP contribution in [0, 0.1) is 0 Å². The lowest BCUT2D eigenvalue weighted by atomic mass is 10.2. The Morgan fingerprint density at radius 1 is 1.08 bits per heavy atom. The molecule has 1 N–H and O–H groups in total. The van der Waals surface area contributed by atoms with E-state index in [-0.39, 0.29) is 5.91 Å². The second kappa shape index (κ2) is 6.60. The third-order valence-corrected chi connectivity index (χ3v) is 4.06. The van der Waals surface area contributed by atoms with Crippen molar-refractivity contribution in [3.63, 3.8) is 0 Å². The summed E-state index contributed by atoms with van der Waals surface area (Å²) in [7, 11) is 0. The van der Waals surface area contributed by atoms with Gasteiger partial charge in [0.25, 0.3) is 0 Å². The number of aryl methyl sites for hydroxylation is 1. The van der Waals surface area contributed by atoms with Crippen LogP contribution in [0.5, 0.6) is 0 Å². The number of aromatic nitrogens is 4. The number of hydrogen-bond donors (Lipinski definition) is 1. The molecule has 0 aliphatic rings. The van der Waals surface area contributed by atoms with Gasteiger partial charge in [-0.05, 0) is 30.3 Å². The number of nitrogens with zero attached hydrogens (tertiary/aromatic N) is 4. The molecule has 2 heterocycles. The topological polar surface area (TPSA) is 64.7 Å². The average Bonchev–Trinajstić information content (AvgIpc) is 3.31. The average molecular weight is 331 g/mol. The molecule has 25 heavy (non-hydrogen) atoms. The van der Waals surface area contributed by atoms with Gasteiger partial charge in [-0.25, -0.2) is 4.98 Å². The van der Waals surface area contributed by atoms with Gasteiger partial charge in [0, 0.05) is 35.6 Å². The number of benzene rings is 2. The number of fused-ring (bicyclic) bond motifs is 1. The minimum atomic E-state index is -0.0324. The molecule has 0 radical (unpaired) electrons. The molecule has 2 aromatic heterocycles. The van der Waals surface area contributed by atoms with E-state index < -0.39 is 0 Å². The van der Waals surface area contributed by atoms with Gasteiger partial charge in [0.1, 0.15) is 0 Å². The highest BCUT2D eigenvalue weighted by Crippen LogP contribution is 2.15. The first-order valence-electron chi connectivity index (χ1n) is 8.08. The molecule has 4 aromatic rings. The highest BCUT2D eigenvalue weighted by Gasteiger charge is 2.06. The molecule has 6 nitrogen and oxygen atoms in total. The van der Waals surface area contributed by atoms with Gasteiger partial charge in [-0.2, -0.15) is 5.10 Å². The van der Waals surface area contributed by atoms with Crippen LogP contribution in [0.25, 0.3) is 16.6 Å². The van der Waals surface area contributed by atoms with Gasteiger partial charge in [0.2, 0.25) is 5.91 Å². The minimum absolute atomic E-state index is 0.0324. The first kappa shape index (κ1) is 15.1. The summed E-state index contributed by atoms with van der Waals surface area (Å²) < 4.78 is 3.77. The van der Waals surface area contributed by atoms with Gasteiger partial charge >= 0.3 is 0 Å². The number of anilines is 1. The van der Waals surface area contributed by atoms with E-state index in [9.17, 15) is 4.79 Å². The van der Waals surface area contributed by atoms with Crippen molar-refractivity contribution in [2.45, 2.75) is 13.0 Å². The zero-order chi connectivity index (χ0) is 17.1. The molecule has 0 fully saturated rings. The third-order valence-electron chi connectivity index (χ3n) is 4.06. The summed E-state index contributed by atoms with van der Waals surface area (Å²) in [5, 5.41) is 8.34. The number of imidazole rings is 1. The first-order valence-corrected chi connectivity index (χ1v) is 8.08. The van der Waals surface area contributed by atoms with Crippen molar-refractivity contribution in [3.8, 4) is 5.69 Å². The maximum absolute atomic E-state index is 12.2. The Kier molecular flexibility index (Phi) is 4.00. The Morgan fingerprint density at radius 3 is 2.72 bits per heavy atom. The van der Waals surface area contributed by atoms with Crippen LogP contribution < -0.4 is 5.32 Å². The lowest BCUT2D eigenvalue weighted by Gasteiger charge is -2.08. The van der Waals surface area contributed by atoms with Gasteiger partial charge in [0.15, 0.2) is 0 Å². The van der Waals surface area contributed by atoms with Gasteiger partial charge in [-0.1, -0.05) is 18.2 Å². The van der Waals surface area contributed by atoms with E-state index in [1.54, 1.807) is 12.5 Å². The predicted molar refractivity (Wildman–Crippen MR) is 96.5 cm³/mol. The van der Waals surface area contributed by atoms with Crippen LogP contribution >= 0.6 is 0 Å². The normalized spacial score (nSPS) is 10.9. The molecule has 1 amide bonds. The second-order valence-electron chi connectivity index (χ2n) is 5.74. The molecule has 0 spiro atoms. The molecule has 0 aliphatic heterocycles. The monoisotopic (exact) mass is 331 g/mol. The standard InChI is InChI=1S/C19H17N5O/c25-19(9-11-24-18-4-2-1-3-15(18)13-21-24)22-16-5-7-17(8-6-16)23-12-10-20-14-23/h1-8,10,12-14H,9,11H2,(H,22,25). The van der Waals surface area contributed by atoms with Crippen molar-refractivity contribution < 1.29 is 4.79 Å². The zero-order valence-corrected chi connectivity index (χ0v) is 13.5. The molecule has 0 saturated carbocycles. The number of para-hydroxylation sites is 1. The van der Waals surface area contributed by atoms with Crippen LogP contribution in [0.3, 0.4) is 0 Å². The van der Waals surface area contributed by atoms with E-state index in [0.717, 1.165) is 22.3 Å². The number of carbonyl (C=O) groups is 1. The molecule has 0 unspecified atom stereocenters. The Hall–Kier alpha value is -3.41. The summed E-state index contributed by atoms with van der Waals surface area (Å²) in [4.78, 5) is 16.2. The van der Waals surface area contributed by atoms with Gasteiger partial charge in [-0.15, -0.1) is 0 Å². The van der Waals surface area contributed by atoms with E-state index in [4.69, 9.17) is 0 Å². The molecule has 4 rings (SSSR count).